The molecule has 1 saturated heterocycles. The summed E-state index contributed by atoms with van der Waals surface area (Å²) in [5.41, 5.74) is 3.46. The van der Waals surface area contributed by atoms with E-state index in [4.69, 9.17) is 16.3 Å². The van der Waals surface area contributed by atoms with Crippen LogP contribution in [0.2, 0.25) is 5.02 Å². The highest BCUT2D eigenvalue weighted by molar-refractivity contribution is 6.31. The Bertz CT molecular complexity index is 1010. The molecular weight excluding hydrogens is 410 g/mol. The van der Waals surface area contributed by atoms with Crippen molar-refractivity contribution in [2.24, 2.45) is 0 Å². The van der Waals surface area contributed by atoms with Gasteiger partial charge in [-0.3, -0.25) is 9.69 Å². The maximum atomic E-state index is 12.4. The first kappa shape index (κ1) is 21.9. The third kappa shape index (κ3) is 5.88. The van der Waals surface area contributed by atoms with Gasteiger partial charge in [0.1, 0.15) is 0 Å². The predicted octanol–water partition coefficient (Wildman–Crippen LogP) is 4.11. The van der Waals surface area contributed by atoms with Gasteiger partial charge in [0.2, 0.25) is 5.91 Å². The zero-order valence-electron chi connectivity index (χ0n) is 17.9. The van der Waals surface area contributed by atoms with E-state index in [0.717, 1.165) is 62.8 Å². The van der Waals surface area contributed by atoms with E-state index in [1.807, 2.05) is 18.2 Å². The van der Waals surface area contributed by atoms with Crippen LogP contribution in [-0.2, 0) is 22.5 Å². The monoisotopic (exact) mass is 439 g/mol. The highest BCUT2D eigenvalue weighted by Crippen LogP contribution is 2.25. The van der Waals surface area contributed by atoms with Crippen molar-refractivity contribution in [3.63, 3.8) is 0 Å². The summed E-state index contributed by atoms with van der Waals surface area (Å²) in [6.07, 6.45) is 4.37. The van der Waals surface area contributed by atoms with Gasteiger partial charge >= 0.3 is 0 Å². The lowest BCUT2D eigenvalue weighted by atomic mass is 10.1. The number of carbonyl (C=O) groups excluding carboxylic acids is 1. The molecule has 0 atom stereocenters. The fraction of sp³-hybridized carbons (Fsp3) is 0.400. The second-order valence-corrected chi connectivity index (χ2v) is 8.46. The number of ether oxygens (including phenoxy) is 1. The normalized spacial score (nSPS) is 14.7. The van der Waals surface area contributed by atoms with Gasteiger partial charge in [0, 0.05) is 54.7 Å². The van der Waals surface area contributed by atoms with Crippen molar-refractivity contribution in [1.29, 1.82) is 0 Å². The van der Waals surface area contributed by atoms with Gasteiger partial charge in [-0.15, -0.1) is 0 Å². The molecule has 1 aliphatic heterocycles. The topological polar surface area (TPSA) is 46.5 Å². The van der Waals surface area contributed by atoms with E-state index < -0.39 is 0 Å². The second-order valence-electron chi connectivity index (χ2n) is 8.05. The van der Waals surface area contributed by atoms with E-state index in [1.54, 1.807) is 0 Å². The number of morpholine rings is 1. The summed E-state index contributed by atoms with van der Waals surface area (Å²) in [7, 11) is 0. The van der Waals surface area contributed by atoms with E-state index in [1.165, 1.54) is 16.5 Å². The molecule has 1 fully saturated rings. The molecule has 1 aromatic heterocycles. The summed E-state index contributed by atoms with van der Waals surface area (Å²) in [5, 5.41) is 5.05. The summed E-state index contributed by atoms with van der Waals surface area (Å²) in [4.78, 5) is 14.8. The molecule has 0 unspecified atom stereocenters. The molecule has 0 aliphatic carbocycles. The molecule has 5 nitrogen and oxygen atoms in total. The third-order valence-electron chi connectivity index (χ3n) is 5.87. The standard InChI is InChI=1S/C25H30ClN3O2/c26-23-8-3-1-6-21(23)19-29-18-20(22-7-2-4-9-24(22)29)10-11-25(30)27-12-5-13-28-14-16-31-17-15-28/h1-4,6-9,18H,5,10-17,19H2,(H,27,30). The smallest absolute Gasteiger partial charge is 0.220 e. The van der Waals surface area contributed by atoms with Crippen LogP contribution in [0.3, 0.4) is 0 Å². The summed E-state index contributed by atoms with van der Waals surface area (Å²) >= 11 is 6.37. The Kier molecular flexibility index (Phi) is 7.62. The lowest BCUT2D eigenvalue weighted by Gasteiger charge is -2.26. The lowest BCUT2D eigenvalue weighted by molar-refractivity contribution is -0.121. The number of halogens is 1. The molecule has 6 heteroatoms. The molecule has 2 heterocycles. The second kappa shape index (κ2) is 10.8. The fourth-order valence-electron chi connectivity index (χ4n) is 4.15. The Labute approximate surface area is 188 Å². The highest BCUT2D eigenvalue weighted by atomic mass is 35.5. The minimum Gasteiger partial charge on any atom is -0.379 e. The van der Waals surface area contributed by atoms with Crippen molar-refractivity contribution in [1.82, 2.24) is 14.8 Å². The first-order chi connectivity index (χ1) is 15.2. The van der Waals surface area contributed by atoms with E-state index in [-0.39, 0.29) is 5.91 Å². The molecule has 31 heavy (non-hydrogen) atoms. The van der Waals surface area contributed by atoms with Crippen LogP contribution in [0.15, 0.2) is 54.7 Å². The maximum Gasteiger partial charge on any atom is 0.220 e. The van der Waals surface area contributed by atoms with Gasteiger partial charge in [-0.05, 0) is 42.6 Å². The minimum absolute atomic E-state index is 0.116. The molecule has 0 saturated carbocycles. The average molecular weight is 440 g/mol. The van der Waals surface area contributed by atoms with Crippen molar-refractivity contribution < 1.29 is 9.53 Å². The number of nitrogens with zero attached hydrogens (tertiary/aromatic N) is 2. The molecule has 0 radical (unpaired) electrons. The number of aromatic nitrogens is 1. The number of para-hydroxylation sites is 1. The average Bonchev–Trinajstić information content (AvgIpc) is 3.15. The van der Waals surface area contributed by atoms with Crippen molar-refractivity contribution in [3.05, 3.63) is 70.9 Å². The van der Waals surface area contributed by atoms with E-state index in [2.05, 4.69) is 51.3 Å². The fourth-order valence-corrected chi connectivity index (χ4v) is 4.35. The lowest BCUT2D eigenvalue weighted by Crippen LogP contribution is -2.38. The molecular formula is C25H30ClN3O2. The molecule has 3 aromatic rings. The van der Waals surface area contributed by atoms with Crippen molar-refractivity contribution in [3.8, 4) is 0 Å². The first-order valence-corrected chi connectivity index (χ1v) is 11.5. The van der Waals surface area contributed by atoms with Crippen LogP contribution in [0.5, 0.6) is 0 Å². The Morgan fingerprint density at radius 3 is 2.65 bits per heavy atom. The van der Waals surface area contributed by atoms with Gasteiger partial charge in [0.05, 0.1) is 13.2 Å². The molecule has 1 N–H and O–H groups in total. The Hall–Kier alpha value is -2.34. The van der Waals surface area contributed by atoms with Crippen LogP contribution in [0, 0.1) is 0 Å². The van der Waals surface area contributed by atoms with Crippen LogP contribution in [-0.4, -0.2) is 54.8 Å². The number of aryl methyl sites for hydroxylation is 1. The van der Waals surface area contributed by atoms with E-state index in [9.17, 15) is 4.79 Å². The summed E-state index contributed by atoms with van der Waals surface area (Å²) < 4.78 is 7.60. The van der Waals surface area contributed by atoms with E-state index >= 15 is 0 Å². The number of benzene rings is 2. The van der Waals surface area contributed by atoms with Crippen molar-refractivity contribution >= 4 is 28.4 Å². The zero-order valence-corrected chi connectivity index (χ0v) is 18.6. The van der Waals surface area contributed by atoms with Gasteiger partial charge in [-0.25, -0.2) is 0 Å². The van der Waals surface area contributed by atoms with Crippen molar-refractivity contribution in [2.75, 3.05) is 39.4 Å². The van der Waals surface area contributed by atoms with Crippen LogP contribution in [0.1, 0.15) is 24.0 Å². The maximum absolute atomic E-state index is 12.4. The number of carbonyl (C=O) groups is 1. The molecule has 0 spiro atoms. The number of hydrogen-bond donors (Lipinski definition) is 1. The Balaban J connectivity index is 1.32. The zero-order chi connectivity index (χ0) is 21.5. The van der Waals surface area contributed by atoms with Gasteiger partial charge in [0.15, 0.2) is 0 Å². The molecule has 2 aromatic carbocycles. The van der Waals surface area contributed by atoms with E-state index in [0.29, 0.717) is 13.0 Å². The minimum atomic E-state index is 0.116. The highest BCUT2D eigenvalue weighted by Gasteiger charge is 2.12. The molecule has 0 bridgehead atoms. The quantitative estimate of drug-likeness (QED) is 0.510. The van der Waals surface area contributed by atoms with Crippen LogP contribution in [0.25, 0.3) is 10.9 Å². The number of nitrogens with one attached hydrogen (secondary N) is 1. The van der Waals surface area contributed by atoms with Crippen LogP contribution in [0.4, 0.5) is 0 Å². The SMILES string of the molecule is O=C(CCc1cn(Cc2ccccc2Cl)c2ccccc12)NCCCN1CCOCC1. The molecule has 1 aliphatic rings. The summed E-state index contributed by atoms with van der Waals surface area (Å²) in [5.74, 6) is 0.116. The number of fused-ring (bicyclic) bond motifs is 1. The molecule has 1 amide bonds. The van der Waals surface area contributed by atoms with Crippen molar-refractivity contribution in [2.45, 2.75) is 25.8 Å². The van der Waals surface area contributed by atoms with Gasteiger partial charge < -0.3 is 14.6 Å². The van der Waals surface area contributed by atoms with Crippen LogP contribution < -0.4 is 5.32 Å². The van der Waals surface area contributed by atoms with Gasteiger partial charge in [-0.2, -0.15) is 0 Å². The Morgan fingerprint density at radius 1 is 1.03 bits per heavy atom. The largest absolute Gasteiger partial charge is 0.379 e. The third-order valence-corrected chi connectivity index (χ3v) is 6.24. The molecule has 164 valence electrons. The van der Waals surface area contributed by atoms with Gasteiger partial charge in [0.25, 0.3) is 0 Å². The Morgan fingerprint density at radius 2 is 1.81 bits per heavy atom. The summed E-state index contributed by atoms with van der Waals surface area (Å²) in [6, 6.07) is 16.3. The first-order valence-electron chi connectivity index (χ1n) is 11.1. The van der Waals surface area contributed by atoms with Crippen LogP contribution >= 0.6 is 11.6 Å². The number of rotatable bonds is 9. The molecule has 4 rings (SSSR count). The predicted molar refractivity (Wildman–Crippen MR) is 126 cm³/mol. The summed E-state index contributed by atoms with van der Waals surface area (Å²) in [6.45, 7) is 6.07. The number of amides is 1. The van der Waals surface area contributed by atoms with Gasteiger partial charge in [-0.1, -0.05) is 48.0 Å². The number of hydrogen-bond acceptors (Lipinski definition) is 3.